The van der Waals surface area contributed by atoms with Gasteiger partial charge >= 0.3 is 0 Å². The summed E-state index contributed by atoms with van der Waals surface area (Å²) in [6.07, 6.45) is 0. The number of nitrogens with one attached hydrogen (secondary N) is 1. The molecule has 1 aromatic rings. The second kappa shape index (κ2) is 7.85. The van der Waals surface area contributed by atoms with Crippen LogP contribution in [0, 0.1) is 0 Å². The van der Waals surface area contributed by atoms with Crippen molar-refractivity contribution in [2.24, 2.45) is 0 Å². The fourth-order valence-electron chi connectivity index (χ4n) is 1.96. The van der Waals surface area contributed by atoms with E-state index in [1.165, 1.54) is 0 Å². The maximum atomic E-state index is 11.7. The van der Waals surface area contributed by atoms with E-state index in [4.69, 9.17) is 9.47 Å². The summed E-state index contributed by atoms with van der Waals surface area (Å²) in [7, 11) is 5.27. The van der Waals surface area contributed by atoms with Crippen LogP contribution >= 0.6 is 0 Å². The number of carbonyl (C=O) groups excluding carboxylic acids is 1. The quantitative estimate of drug-likeness (QED) is 0.731. The van der Waals surface area contributed by atoms with Gasteiger partial charge in [0.25, 0.3) is 5.91 Å². The van der Waals surface area contributed by atoms with Crippen LogP contribution in [0.4, 0.5) is 0 Å². The zero-order valence-electron chi connectivity index (χ0n) is 13.0. The molecule has 21 heavy (non-hydrogen) atoms. The number of rotatable bonds is 8. The van der Waals surface area contributed by atoms with Gasteiger partial charge in [0.05, 0.1) is 12.7 Å². The van der Waals surface area contributed by atoms with E-state index in [1.807, 2.05) is 25.1 Å². The smallest absolute Gasteiger partial charge is 0.258 e. The third kappa shape index (κ3) is 6.46. The molecular formula is C15H24N2O4. The SMILES string of the molecule is COc1ccccc1OCC(=O)NCC(C)(O)CN(C)C. The molecule has 0 bridgehead atoms. The summed E-state index contributed by atoms with van der Waals surface area (Å²) < 4.78 is 10.5. The van der Waals surface area contributed by atoms with Crippen LogP contribution in [-0.4, -0.2) is 62.4 Å². The van der Waals surface area contributed by atoms with Gasteiger partial charge in [0.1, 0.15) is 0 Å². The lowest BCUT2D eigenvalue weighted by Gasteiger charge is -2.27. The predicted octanol–water partition coefficient (Wildman–Crippen LogP) is 0.503. The molecule has 2 N–H and O–H groups in total. The number of hydrogen-bond donors (Lipinski definition) is 2. The molecule has 1 aromatic carbocycles. The molecule has 6 nitrogen and oxygen atoms in total. The van der Waals surface area contributed by atoms with Crippen molar-refractivity contribution in [3.63, 3.8) is 0 Å². The summed E-state index contributed by atoms with van der Waals surface area (Å²) in [6.45, 7) is 2.17. The summed E-state index contributed by atoms with van der Waals surface area (Å²) >= 11 is 0. The Morgan fingerprint density at radius 2 is 1.95 bits per heavy atom. The van der Waals surface area contributed by atoms with E-state index >= 15 is 0 Å². The number of hydrogen-bond acceptors (Lipinski definition) is 5. The molecule has 118 valence electrons. The number of para-hydroxylation sites is 2. The van der Waals surface area contributed by atoms with E-state index in [2.05, 4.69) is 5.32 Å². The topological polar surface area (TPSA) is 71.0 Å². The minimum absolute atomic E-state index is 0.127. The molecule has 0 aliphatic carbocycles. The normalized spacial score (nSPS) is 13.6. The van der Waals surface area contributed by atoms with Gasteiger partial charge in [-0.25, -0.2) is 0 Å². The number of amides is 1. The molecule has 0 saturated heterocycles. The van der Waals surface area contributed by atoms with E-state index in [1.54, 1.807) is 32.2 Å². The van der Waals surface area contributed by atoms with Gasteiger partial charge in [0, 0.05) is 13.1 Å². The van der Waals surface area contributed by atoms with Crippen LogP contribution in [0.25, 0.3) is 0 Å². The van der Waals surface area contributed by atoms with Crippen molar-refractivity contribution in [2.75, 3.05) is 40.9 Å². The Hall–Kier alpha value is -1.79. The van der Waals surface area contributed by atoms with Crippen LogP contribution < -0.4 is 14.8 Å². The van der Waals surface area contributed by atoms with Gasteiger partial charge in [-0.05, 0) is 33.2 Å². The lowest BCUT2D eigenvalue weighted by Crippen LogP contribution is -2.47. The highest BCUT2D eigenvalue weighted by Crippen LogP contribution is 2.25. The van der Waals surface area contributed by atoms with Crippen molar-refractivity contribution in [2.45, 2.75) is 12.5 Å². The zero-order chi connectivity index (χ0) is 15.9. The average molecular weight is 296 g/mol. The van der Waals surface area contributed by atoms with Crippen LogP contribution in [0.15, 0.2) is 24.3 Å². The third-order valence-electron chi connectivity index (χ3n) is 2.75. The van der Waals surface area contributed by atoms with Crippen molar-refractivity contribution in [1.29, 1.82) is 0 Å². The molecular weight excluding hydrogens is 272 g/mol. The number of likely N-dealkylation sites (N-methyl/N-ethyl adjacent to an activating group) is 1. The molecule has 0 radical (unpaired) electrons. The van der Waals surface area contributed by atoms with Crippen LogP contribution in [-0.2, 0) is 4.79 Å². The van der Waals surface area contributed by atoms with Gasteiger partial charge in [-0.1, -0.05) is 12.1 Å². The van der Waals surface area contributed by atoms with Crippen LogP contribution in [0.2, 0.25) is 0 Å². The molecule has 1 unspecified atom stereocenters. The average Bonchev–Trinajstić information content (AvgIpc) is 2.42. The lowest BCUT2D eigenvalue weighted by atomic mass is 10.1. The van der Waals surface area contributed by atoms with Crippen molar-refractivity contribution in [3.8, 4) is 11.5 Å². The Balaban J connectivity index is 2.41. The summed E-state index contributed by atoms with van der Waals surface area (Å²) in [6, 6.07) is 7.12. The Labute approximate surface area is 125 Å². The number of ether oxygens (including phenoxy) is 2. The molecule has 6 heteroatoms. The second-order valence-corrected chi connectivity index (χ2v) is 5.45. The van der Waals surface area contributed by atoms with Gasteiger partial charge in [0.2, 0.25) is 0 Å². The molecule has 0 heterocycles. The van der Waals surface area contributed by atoms with Gasteiger partial charge in [0.15, 0.2) is 18.1 Å². The van der Waals surface area contributed by atoms with Gasteiger partial charge in [-0.15, -0.1) is 0 Å². The molecule has 1 rings (SSSR count). The van der Waals surface area contributed by atoms with E-state index in [0.29, 0.717) is 18.0 Å². The van der Waals surface area contributed by atoms with Gasteiger partial charge in [-0.2, -0.15) is 0 Å². The fourth-order valence-corrected chi connectivity index (χ4v) is 1.96. The second-order valence-electron chi connectivity index (χ2n) is 5.45. The standard InChI is InChI=1S/C15H24N2O4/c1-15(19,11-17(2)3)10-16-14(18)9-21-13-8-6-5-7-12(13)20-4/h5-8,19H,9-11H2,1-4H3,(H,16,18). The summed E-state index contributed by atoms with van der Waals surface area (Å²) in [5, 5.41) is 12.7. The van der Waals surface area contributed by atoms with E-state index in [-0.39, 0.29) is 19.1 Å². The van der Waals surface area contributed by atoms with Gasteiger partial charge < -0.3 is 24.8 Å². The fraction of sp³-hybridized carbons (Fsp3) is 0.533. The molecule has 0 spiro atoms. The van der Waals surface area contributed by atoms with Crippen molar-refractivity contribution < 1.29 is 19.4 Å². The lowest BCUT2D eigenvalue weighted by molar-refractivity contribution is -0.124. The third-order valence-corrected chi connectivity index (χ3v) is 2.75. The van der Waals surface area contributed by atoms with E-state index in [9.17, 15) is 9.90 Å². The summed E-state index contributed by atoms with van der Waals surface area (Å²) in [4.78, 5) is 13.6. The molecule has 0 aliphatic rings. The number of aliphatic hydroxyl groups is 1. The first-order valence-electron chi connectivity index (χ1n) is 6.74. The first-order chi connectivity index (χ1) is 9.84. The van der Waals surface area contributed by atoms with Crippen molar-refractivity contribution >= 4 is 5.91 Å². The monoisotopic (exact) mass is 296 g/mol. The minimum Gasteiger partial charge on any atom is -0.493 e. The highest BCUT2D eigenvalue weighted by molar-refractivity contribution is 5.77. The Kier molecular flexibility index (Phi) is 6.45. The number of methoxy groups -OCH3 is 1. The maximum Gasteiger partial charge on any atom is 0.258 e. The minimum atomic E-state index is -0.983. The molecule has 0 aliphatic heterocycles. The summed E-state index contributed by atoms with van der Waals surface area (Å²) in [5.74, 6) is 0.792. The predicted molar refractivity (Wildman–Crippen MR) is 80.7 cm³/mol. The number of carbonyl (C=O) groups is 1. The molecule has 0 aromatic heterocycles. The molecule has 0 fully saturated rings. The van der Waals surface area contributed by atoms with Crippen LogP contribution in [0.1, 0.15) is 6.92 Å². The largest absolute Gasteiger partial charge is 0.493 e. The van der Waals surface area contributed by atoms with Crippen molar-refractivity contribution in [3.05, 3.63) is 24.3 Å². The van der Waals surface area contributed by atoms with Crippen LogP contribution in [0.3, 0.4) is 0 Å². The van der Waals surface area contributed by atoms with E-state index in [0.717, 1.165) is 0 Å². The summed E-state index contributed by atoms with van der Waals surface area (Å²) in [5.41, 5.74) is -0.983. The number of benzene rings is 1. The first kappa shape index (κ1) is 17.3. The van der Waals surface area contributed by atoms with Crippen molar-refractivity contribution in [1.82, 2.24) is 10.2 Å². The van der Waals surface area contributed by atoms with Gasteiger partial charge in [-0.3, -0.25) is 4.79 Å². The first-order valence-corrected chi connectivity index (χ1v) is 6.74. The maximum absolute atomic E-state index is 11.7. The molecule has 0 saturated carbocycles. The highest BCUT2D eigenvalue weighted by atomic mass is 16.5. The highest BCUT2D eigenvalue weighted by Gasteiger charge is 2.22. The Morgan fingerprint density at radius 1 is 1.33 bits per heavy atom. The Morgan fingerprint density at radius 3 is 2.52 bits per heavy atom. The number of nitrogens with zero attached hydrogens (tertiary/aromatic N) is 1. The zero-order valence-corrected chi connectivity index (χ0v) is 13.0. The Bertz CT molecular complexity index is 461. The molecule has 1 atom stereocenters. The van der Waals surface area contributed by atoms with E-state index < -0.39 is 5.60 Å². The molecule has 1 amide bonds. The van der Waals surface area contributed by atoms with Crippen LogP contribution in [0.5, 0.6) is 11.5 Å².